The minimum Gasteiger partial charge on any atom is -0.378 e. The van der Waals surface area contributed by atoms with Crippen LogP contribution in [0, 0.1) is 6.92 Å². The number of para-hydroxylation sites is 1. The number of aromatic nitrogens is 3. The summed E-state index contributed by atoms with van der Waals surface area (Å²) in [5.41, 5.74) is 5.73. The number of hydrogen-bond donors (Lipinski definition) is 1. The van der Waals surface area contributed by atoms with E-state index in [-0.39, 0.29) is 24.9 Å². The number of aryl methyl sites for hydroxylation is 1. The van der Waals surface area contributed by atoms with Crippen LogP contribution in [0.25, 0.3) is 11.0 Å². The van der Waals surface area contributed by atoms with Crippen LogP contribution in [0.5, 0.6) is 0 Å². The lowest BCUT2D eigenvalue weighted by molar-refractivity contribution is -0.140. The van der Waals surface area contributed by atoms with Gasteiger partial charge in [0.15, 0.2) is 0 Å². The van der Waals surface area contributed by atoms with Crippen molar-refractivity contribution in [2.75, 3.05) is 36.5 Å². The highest BCUT2D eigenvalue weighted by atomic mass is 35.5. The quantitative estimate of drug-likeness (QED) is 0.233. The van der Waals surface area contributed by atoms with Crippen molar-refractivity contribution in [3.63, 3.8) is 0 Å². The second-order valence-electron chi connectivity index (χ2n) is 10.8. The third kappa shape index (κ3) is 6.59. The van der Waals surface area contributed by atoms with Crippen molar-refractivity contribution in [3.8, 4) is 0 Å². The number of carbonyl (C=O) groups is 2. The molecule has 0 bridgehead atoms. The Balaban J connectivity index is 1.34. The molecule has 1 atom stereocenters. The van der Waals surface area contributed by atoms with Crippen LogP contribution >= 0.6 is 11.6 Å². The summed E-state index contributed by atoms with van der Waals surface area (Å²) >= 11 is 6.24. The van der Waals surface area contributed by atoms with E-state index in [0.29, 0.717) is 35.0 Å². The molecule has 10 heteroatoms. The predicted octanol–water partition coefficient (Wildman–Crippen LogP) is 5.64. The van der Waals surface area contributed by atoms with Crippen LogP contribution in [0.4, 0.5) is 11.4 Å². The SMILES string of the molecule is Cc1ccccc1CN(C(=O)Cn1nnc2ccccc21)[C@H](C(=O)Nc1ccc(N2CCOCC2)cc1)c1ccc(Cl)cc1. The lowest BCUT2D eigenvalue weighted by Gasteiger charge is -2.32. The molecule has 0 spiro atoms. The molecule has 1 aliphatic heterocycles. The lowest BCUT2D eigenvalue weighted by atomic mass is 10.0. The predicted molar refractivity (Wildman–Crippen MR) is 172 cm³/mol. The first-order valence-corrected chi connectivity index (χ1v) is 15.0. The Labute approximate surface area is 261 Å². The van der Waals surface area contributed by atoms with Gasteiger partial charge in [-0.2, -0.15) is 0 Å². The molecule has 0 saturated carbocycles. The number of halogens is 1. The normalized spacial score (nSPS) is 13.9. The Hall–Kier alpha value is -4.73. The molecule has 1 aliphatic rings. The summed E-state index contributed by atoms with van der Waals surface area (Å²) in [6.45, 7) is 5.15. The molecule has 6 rings (SSSR count). The van der Waals surface area contributed by atoms with Gasteiger partial charge in [-0.15, -0.1) is 5.10 Å². The number of nitrogens with one attached hydrogen (secondary N) is 1. The van der Waals surface area contributed by atoms with Crippen LogP contribution in [0.2, 0.25) is 5.02 Å². The number of ether oxygens (including phenoxy) is 1. The van der Waals surface area contributed by atoms with Gasteiger partial charge in [-0.25, -0.2) is 4.68 Å². The monoisotopic (exact) mass is 608 g/mol. The zero-order chi connectivity index (χ0) is 30.5. The summed E-state index contributed by atoms with van der Waals surface area (Å²) in [4.78, 5) is 32.3. The molecule has 1 fully saturated rings. The van der Waals surface area contributed by atoms with Gasteiger partial charge in [0.1, 0.15) is 18.1 Å². The zero-order valence-corrected chi connectivity index (χ0v) is 25.2. The molecule has 2 heterocycles. The van der Waals surface area contributed by atoms with Gasteiger partial charge < -0.3 is 19.9 Å². The van der Waals surface area contributed by atoms with E-state index >= 15 is 0 Å². The van der Waals surface area contributed by atoms with Crippen LogP contribution in [-0.4, -0.2) is 58.0 Å². The number of rotatable bonds is 9. The van der Waals surface area contributed by atoms with Crippen LogP contribution in [0.3, 0.4) is 0 Å². The highest BCUT2D eigenvalue weighted by Gasteiger charge is 2.32. The molecule has 224 valence electrons. The molecule has 1 N–H and O–H groups in total. The van der Waals surface area contributed by atoms with Gasteiger partial charge in [0.25, 0.3) is 5.91 Å². The van der Waals surface area contributed by atoms with Crippen LogP contribution in [0.1, 0.15) is 22.7 Å². The largest absolute Gasteiger partial charge is 0.378 e. The Bertz CT molecular complexity index is 1750. The van der Waals surface area contributed by atoms with Gasteiger partial charge in [-0.3, -0.25) is 9.59 Å². The third-order valence-corrected chi connectivity index (χ3v) is 8.14. The minimum atomic E-state index is -0.951. The van der Waals surface area contributed by atoms with Gasteiger partial charge in [-0.1, -0.05) is 65.3 Å². The molecule has 0 unspecified atom stereocenters. The number of anilines is 2. The molecule has 1 saturated heterocycles. The van der Waals surface area contributed by atoms with Gasteiger partial charge in [0.05, 0.1) is 18.7 Å². The maximum Gasteiger partial charge on any atom is 0.251 e. The van der Waals surface area contributed by atoms with E-state index in [1.165, 1.54) is 0 Å². The fraction of sp³-hybridized carbons (Fsp3) is 0.235. The van der Waals surface area contributed by atoms with E-state index in [1.807, 2.05) is 79.7 Å². The maximum atomic E-state index is 14.2. The number of hydrogen-bond acceptors (Lipinski definition) is 6. The fourth-order valence-corrected chi connectivity index (χ4v) is 5.58. The van der Waals surface area contributed by atoms with Crippen LogP contribution in [0.15, 0.2) is 97.1 Å². The topological polar surface area (TPSA) is 92.6 Å². The summed E-state index contributed by atoms with van der Waals surface area (Å²) in [5, 5.41) is 12.1. The molecule has 9 nitrogen and oxygen atoms in total. The van der Waals surface area contributed by atoms with Crippen molar-refractivity contribution in [1.29, 1.82) is 0 Å². The van der Waals surface area contributed by atoms with Crippen LogP contribution < -0.4 is 10.2 Å². The molecular formula is C34H33ClN6O3. The van der Waals surface area contributed by atoms with Crippen molar-refractivity contribution in [1.82, 2.24) is 19.9 Å². The van der Waals surface area contributed by atoms with E-state index in [0.717, 1.165) is 35.4 Å². The third-order valence-electron chi connectivity index (χ3n) is 7.88. The first kappa shape index (κ1) is 29.3. The highest BCUT2D eigenvalue weighted by molar-refractivity contribution is 6.30. The number of carbonyl (C=O) groups excluding carboxylic acids is 2. The second-order valence-corrected chi connectivity index (χ2v) is 11.2. The molecule has 5 aromatic rings. The average molecular weight is 609 g/mol. The standard InChI is InChI=1S/C34H33ClN6O3/c1-24-6-2-3-7-26(24)22-40(32(42)23-41-31-9-5-4-8-30(31)37-38-41)33(25-10-12-27(35)13-11-25)34(43)36-28-14-16-29(17-15-28)39-18-20-44-21-19-39/h2-17,33H,18-23H2,1H3,(H,36,43)/t33-/m0/s1. The number of morpholine rings is 1. The van der Waals surface area contributed by atoms with Crippen molar-refractivity contribution >= 4 is 45.8 Å². The first-order valence-electron chi connectivity index (χ1n) is 14.6. The van der Waals surface area contributed by atoms with Gasteiger partial charge in [0, 0.05) is 36.0 Å². The van der Waals surface area contributed by atoms with Gasteiger partial charge in [0.2, 0.25) is 5.91 Å². The summed E-state index contributed by atoms with van der Waals surface area (Å²) in [5.74, 6) is -0.613. The number of fused-ring (bicyclic) bond motifs is 1. The zero-order valence-electron chi connectivity index (χ0n) is 24.4. The Morgan fingerprint density at radius 3 is 2.39 bits per heavy atom. The second kappa shape index (κ2) is 13.3. The summed E-state index contributed by atoms with van der Waals surface area (Å²) in [7, 11) is 0. The minimum absolute atomic E-state index is 0.0853. The number of nitrogens with zero attached hydrogens (tertiary/aromatic N) is 5. The van der Waals surface area contributed by atoms with Gasteiger partial charge >= 0.3 is 0 Å². The molecule has 44 heavy (non-hydrogen) atoms. The van der Waals surface area contributed by atoms with E-state index < -0.39 is 6.04 Å². The highest BCUT2D eigenvalue weighted by Crippen LogP contribution is 2.29. The Morgan fingerprint density at radius 2 is 1.64 bits per heavy atom. The lowest BCUT2D eigenvalue weighted by Crippen LogP contribution is -2.42. The molecule has 0 aliphatic carbocycles. The Kier molecular flexibility index (Phi) is 8.86. The molecule has 4 aromatic carbocycles. The summed E-state index contributed by atoms with van der Waals surface area (Å²) in [6.07, 6.45) is 0. The fourth-order valence-electron chi connectivity index (χ4n) is 5.45. The molecule has 0 radical (unpaired) electrons. The van der Waals surface area contributed by atoms with Crippen molar-refractivity contribution in [2.45, 2.75) is 26.1 Å². The average Bonchev–Trinajstić information content (AvgIpc) is 3.46. The molecular weight excluding hydrogens is 576 g/mol. The van der Waals surface area contributed by atoms with E-state index in [9.17, 15) is 9.59 Å². The smallest absolute Gasteiger partial charge is 0.251 e. The number of benzene rings is 4. The Morgan fingerprint density at radius 1 is 0.932 bits per heavy atom. The summed E-state index contributed by atoms with van der Waals surface area (Å²) < 4.78 is 7.04. The van der Waals surface area contributed by atoms with Crippen molar-refractivity contribution < 1.29 is 14.3 Å². The van der Waals surface area contributed by atoms with Gasteiger partial charge in [-0.05, 0) is 72.1 Å². The van der Waals surface area contributed by atoms with E-state index in [2.05, 4.69) is 20.5 Å². The number of amides is 2. The van der Waals surface area contributed by atoms with Crippen molar-refractivity contribution in [3.05, 3.63) is 119 Å². The maximum absolute atomic E-state index is 14.2. The van der Waals surface area contributed by atoms with E-state index in [4.69, 9.17) is 16.3 Å². The van der Waals surface area contributed by atoms with Crippen molar-refractivity contribution in [2.24, 2.45) is 0 Å². The molecule has 1 aromatic heterocycles. The molecule has 2 amide bonds. The van der Waals surface area contributed by atoms with E-state index in [1.54, 1.807) is 33.8 Å². The van der Waals surface area contributed by atoms with Crippen LogP contribution in [-0.2, 0) is 27.4 Å². The first-order chi connectivity index (χ1) is 21.5. The summed E-state index contributed by atoms with van der Waals surface area (Å²) in [6, 6.07) is 29.2.